The van der Waals surface area contributed by atoms with E-state index in [9.17, 15) is 4.39 Å². The lowest BCUT2D eigenvalue weighted by atomic mass is 10.3. The number of nitrogens with two attached hydrogens (primary N) is 1. The molecular weight excluding hydrogens is 169 g/mol. The van der Waals surface area contributed by atoms with Crippen molar-refractivity contribution in [1.82, 2.24) is 4.98 Å². The maximum Gasteiger partial charge on any atom is 0.136 e. The first-order valence-corrected chi connectivity index (χ1v) is 4.24. The van der Waals surface area contributed by atoms with Crippen LogP contribution in [0.4, 0.5) is 10.2 Å². The molecule has 0 bridgehead atoms. The van der Waals surface area contributed by atoms with E-state index in [4.69, 9.17) is 5.73 Å². The van der Waals surface area contributed by atoms with Gasteiger partial charge in [-0.1, -0.05) is 0 Å². The van der Waals surface area contributed by atoms with E-state index in [0.29, 0.717) is 18.9 Å². The van der Waals surface area contributed by atoms with Gasteiger partial charge >= 0.3 is 0 Å². The summed E-state index contributed by atoms with van der Waals surface area (Å²) in [5, 5.41) is 0. The van der Waals surface area contributed by atoms with Crippen LogP contribution in [0.5, 0.6) is 0 Å². The second-order valence-electron chi connectivity index (χ2n) is 3.19. The van der Waals surface area contributed by atoms with E-state index < -0.39 is 12.2 Å². The average Bonchev–Trinajstić information content (AvgIpc) is 2.49. The molecule has 2 heterocycles. The van der Waals surface area contributed by atoms with Crippen LogP contribution in [0.2, 0.25) is 0 Å². The Balaban J connectivity index is 2.12. The molecule has 1 aromatic rings. The Kier molecular flexibility index (Phi) is 2.14. The van der Waals surface area contributed by atoms with E-state index in [1.807, 2.05) is 4.90 Å². The van der Waals surface area contributed by atoms with Crippen molar-refractivity contribution < 1.29 is 4.39 Å². The molecule has 2 unspecified atom stereocenters. The number of aromatic nitrogens is 1. The Morgan fingerprint density at radius 3 is 3.00 bits per heavy atom. The van der Waals surface area contributed by atoms with Gasteiger partial charge in [0, 0.05) is 18.8 Å². The normalized spacial score (nSPS) is 28.0. The summed E-state index contributed by atoms with van der Waals surface area (Å²) in [6, 6.07) is 6.10. The van der Waals surface area contributed by atoms with Crippen LogP contribution in [0.25, 0.3) is 0 Å². The van der Waals surface area contributed by atoms with Crippen LogP contribution in [0.1, 0.15) is 0 Å². The van der Waals surface area contributed by atoms with Crippen molar-refractivity contribution in [3.8, 4) is 0 Å². The molecule has 1 aliphatic rings. The van der Waals surface area contributed by atoms with Crippen molar-refractivity contribution in [1.29, 1.82) is 0 Å². The van der Waals surface area contributed by atoms with E-state index >= 15 is 0 Å². The van der Waals surface area contributed by atoms with Gasteiger partial charge in [-0.15, -0.1) is 0 Å². The van der Waals surface area contributed by atoms with Gasteiger partial charge in [-0.3, -0.25) is 0 Å². The summed E-state index contributed by atoms with van der Waals surface area (Å²) in [7, 11) is 0. The molecule has 13 heavy (non-hydrogen) atoms. The molecule has 69 valence electrons. The van der Waals surface area contributed by atoms with Crippen LogP contribution in [-0.2, 0) is 0 Å². The molecule has 1 saturated heterocycles. The smallest absolute Gasteiger partial charge is 0.136 e. The molecule has 2 atom stereocenters. The van der Waals surface area contributed by atoms with E-state index in [1.54, 1.807) is 18.3 Å². The Morgan fingerprint density at radius 2 is 2.46 bits per heavy atom. The molecule has 0 amide bonds. The van der Waals surface area contributed by atoms with Crippen molar-refractivity contribution in [2.75, 3.05) is 18.0 Å². The van der Waals surface area contributed by atoms with Crippen LogP contribution >= 0.6 is 0 Å². The SMILES string of the molecule is NC1CN(c2[c]cccn2)CC1F. The molecular formula is C9H11FN3. The Bertz CT molecular complexity index is 267. The van der Waals surface area contributed by atoms with Crippen LogP contribution in [0.15, 0.2) is 18.3 Å². The molecule has 2 rings (SSSR count). The number of pyridine rings is 1. The molecule has 3 nitrogen and oxygen atoms in total. The highest BCUT2D eigenvalue weighted by molar-refractivity contribution is 5.39. The number of hydrogen-bond acceptors (Lipinski definition) is 3. The van der Waals surface area contributed by atoms with E-state index in [0.717, 1.165) is 0 Å². The van der Waals surface area contributed by atoms with Crippen molar-refractivity contribution >= 4 is 5.82 Å². The lowest BCUT2D eigenvalue weighted by Crippen LogP contribution is -2.30. The fourth-order valence-electron chi connectivity index (χ4n) is 1.45. The maximum atomic E-state index is 13.0. The second-order valence-corrected chi connectivity index (χ2v) is 3.19. The number of halogens is 1. The molecule has 0 aromatic carbocycles. The van der Waals surface area contributed by atoms with Gasteiger partial charge in [0.15, 0.2) is 0 Å². The summed E-state index contributed by atoms with van der Waals surface area (Å²) in [5.74, 6) is 0.679. The molecule has 1 aliphatic heterocycles. The summed E-state index contributed by atoms with van der Waals surface area (Å²) < 4.78 is 13.0. The van der Waals surface area contributed by atoms with Gasteiger partial charge in [0.2, 0.25) is 0 Å². The van der Waals surface area contributed by atoms with Gasteiger partial charge < -0.3 is 10.6 Å². The van der Waals surface area contributed by atoms with E-state index in [2.05, 4.69) is 11.1 Å². The van der Waals surface area contributed by atoms with Crippen molar-refractivity contribution in [3.05, 3.63) is 24.4 Å². The van der Waals surface area contributed by atoms with Crippen molar-refractivity contribution in [2.45, 2.75) is 12.2 Å². The highest BCUT2D eigenvalue weighted by Crippen LogP contribution is 2.17. The monoisotopic (exact) mass is 180 g/mol. The van der Waals surface area contributed by atoms with E-state index in [1.165, 1.54) is 0 Å². The van der Waals surface area contributed by atoms with E-state index in [-0.39, 0.29) is 0 Å². The van der Waals surface area contributed by atoms with Crippen molar-refractivity contribution in [2.24, 2.45) is 5.73 Å². The highest BCUT2D eigenvalue weighted by Gasteiger charge is 2.30. The standard InChI is InChI=1S/C9H11FN3/c10-7-5-13(6-8(7)11)9-3-1-2-4-12-9/h1-2,4,7-8H,5-6,11H2. The minimum Gasteiger partial charge on any atom is -0.351 e. The molecule has 2 N–H and O–H groups in total. The summed E-state index contributed by atoms with van der Waals surface area (Å²) in [6.45, 7) is 0.851. The minimum absolute atomic E-state index is 0.328. The van der Waals surface area contributed by atoms with Crippen LogP contribution in [0.3, 0.4) is 0 Å². The van der Waals surface area contributed by atoms with Gasteiger partial charge in [0.05, 0.1) is 12.6 Å². The third kappa shape index (κ3) is 1.62. The highest BCUT2D eigenvalue weighted by atomic mass is 19.1. The number of nitrogens with zero attached hydrogens (tertiary/aromatic N) is 2. The van der Waals surface area contributed by atoms with Gasteiger partial charge in [-0.25, -0.2) is 9.37 Å². The fourth-order valence-corrected chi connectivity index (χ4v) is 1.45. The fraction of sp³-hybridized carbons (Fsp3) is 0.444. The molecule has 0 spiro atoms. The first-order chi connectivity index (χ1) is 6.27. The average molecular weight is 180 g/mol. The quantitative estimate of drug-likeness (QED) is 0.678. The zero-order chi connectivity index (χ0) is 9.26. The minimum atomic E-state index is -0.949. The summed E-state index contributed by atoms with van der Waals surface area (Å²) >= 11 is 0. The molecule has 1 aromatic heterocycles. The van der Waals surface area contributed by atoms with Gasteiger partial charge in [-0.2, -0.15) is 0 Å². The summed E-state index contributed by atoms with van der Waals surface area (Å²) in [4.78, 5) is 5.89. The maximum absolute atomic E-state index is 13.0. The third-order valence-corrected chi connectivity index (χ3v) is 2.18. The Labute approximate surface area is 76.4 Å². The number of alkyl halides is 1. The Hall–Kier alpha value is -1.16. The molecule has 0 saturated carbocycles. The topological polar surface area (TPSA) is 42.1 Å². The number of hydrogen-bond donors (Lipinski definition) is 1. The van der Waals surface area contributed by atoms with Gasteiger partial charge in [-0.05, 0) is 12.1 Å². The summed E-state index contributed by atoms with van der Waals surface area (Å²) in [6.07, 6.45) is 0.721. The van der Waals surface area contributed by atoms with Gasteiger partial charge in [0.25, 0.3) is 0 Å². The summed E-state index contributed by atoms with van der Waals surface area (Å²) in [5.41, 5.74) is 5.55. The predicted molar refractivity (Wildman–Crippen MR) is 48.2 cm³/mol. The zero-order valence-corrected chi connectivity index (χ0v) is 7.15. The molecule has 1 radical (unpaired) electrons. The first kappa shape index (κ1) is 8.44. The molecule has 1 fully saturated rings. The third-order valence-electron chi connectivity index (χ3n) is 2.18. The Morgan fingerprint density at radius 1 is 1.62 bits per heavy atom. The zero-order valence-electron chi connectivity index (χ0n) is 7.15. The van der Waals surface area contributed by atoms with Crippen LogP contribution in [-0.4, -0.2) is 30.3 Å². The number of rotatable bonds is 1. The molecule has 0 aliphatic carbocycles. The lowest BCUT2D eigenvalue weighted by Gasteiger charge is -2.14. The first-order valence-electron chi connectivity index (χ1n) is 4.24. The largest absolute Gasteiger partial charge is 0.351 e. The second kappa shape index (κ2) is 3.30. The molecule has 4 heteroatoms. The van der Waals surface area contributed by atoms with Crippen LogP contribution < -0.4 is 10.6 Å². The van der Waals surface area contributed by atoms with Crippen LogP contribution in [0, 0.1) is 6.07 Å². The van der Waals surface area contributed by atoms with Gasteiger partial charge in [0.1, 0.15) is 12.0 Å². The number of anilines is 1. The lowest BCUT2D eigenvalue weighted by molar-refractivity contribution is 0.333. The predicted octanol–water partition coefficient (Wildman–Crippen LogP) is 0.367. The van der Waals surface area contributed by atoms with Crippen molar-refractivity contribution in [3.63, 3.8) is 0 Å².